The molecule has 2 rings (SSSR count). The third kappa shape index (κ3) is 2.80. The summed E-state index contributed by atoms with van der Waals surface area (Å²) in [7, 11) is 0. The number of halogens is 2. The van der Waals surface area contributed by atoms with Crippen molar-refractivity contribution in [2.45, 2.75) is 26.8 Å². The Labute approximate surface area is 118 Å². The van der Waals surface area contributed by atoms with E-state index in [1.165, 1.54) is 12.1 Å². The summed E-state index contributed by atoms with van der Waals surface area (Å²) in [5.74, 6) is -0.264. The molecule has 100 valence electrons. The Morgan fingerprint density at radius 3 is 2.26 bits per heavy atom. The quantitative estimate of drug-likeness (QED) is 0.862. The van der Waals surface area contributed by atoms with Gasteiger partial charge in [0.2, 0.25) is 0 Å². The highest BCUT2D eigenvalue weighted by atomic mass is 35.5. The first-order valence-electron chi connectivity index (χ1n) is 6.18. The summed E-state index contributed by atoms with van der Waals surface area (Å²) in [5.41, 5.74) is 11.1. The van der Waals surface area contributed by atoms with E-state index < -0.39 is 0 Å². The molecule has 3 heteroatoms. The van der Waals surface area contributed by atoms with Crippen molar-refractivity contribution >= 4 is 11.6 Å². The standard InChI is InChI=1S/C16H17ClFN/c1-9-4-5-12(18)8-14(9)16(19)13-6-11(3)15(17)7-10(13)2/h4-8,16H,19H2,1-3H3. The average molecular weight is 278 g/mol. The van der Waals surface area contributed by atoms with Crippen LogP contribution in [0.1, 0.15) is 33.9 Å². The molecule has 0 saturated heterocycles. The predicted molar refractivity (Wildman–Crippen MR) is 78.1 cm³/mol. The Bertz CT molecular complexity index is 622. The molecule has 0 fully saturated rings. The van der Waals surface area contributed by atoms with Gasteiger partial charge < -0.3 is 5.73 Å². The van der Waals surface area contributed by atoms with E-state index in [0.717, 1.165) is 32.8 Å². The molecule has 0 amide bonds. The molecule has 1 unspecified atom stereocenters. The molecular weight excluding hydrogens is 261 g/mol. The molecule has 2 N–H and O–H groups in total. The van der Waals surface area contributed by atoms with Crippen molar-refractivity contribution in [3.63, 3.8) is 0 Å². The lowest BCUT2D eigenvalue weighted by atomic mass is 9.92. The first-order chi connectivity index (χ1) is 8.90. The van der Waals surface area contributed by atoms with Crippen molar-refractivity contribution in [3.8, 4) is 0 Å². The van der Waals surface area contributed by atoms with Gasteiger partial charge in [-0.05, 0) is 66.8 Å². The van der Waals surface area contributed by atoms with E-state index in [0.29, 0.717) is 0 Å². The zero-order valence-corrected chi connectivity index (χ0v) is 12.1. The van der Waals surface area contributed by atoms with E-state index in [4.69, 9.17) is 17.3 Å². The maximum Gasteiger partial charge on any atom is 0.123 e. The van der Waals surface area contributed by atoms with Gasteiger partial charge in [0.15, 0.2) is 0 Å². The second kappa shape index (κ2) is 5.32. The molecule has 1 nitrogen and oxygen atoms in total. The summed E-state index contributed by atoms with van der Waals surface area (Å²) >= 11 is 6.09. The predicted octanol–water partition coefficient (Wildman–Crippen LogP) is 4.45. The van der Waals surface area contributed by atoms with Gasteiger partial charge in [0.1, 0.15) is 5.82 Å². The molecule has 0 bridgehead atoms. The molecule has 2 aromatic carbocycles. The normalized spacial score (nSPS) is 12.5. The van der Waals surface area contributed by atoms with Gasteiger partial charge in [-0.15, -0.1) is 0 Å². The number of hydrogen-bond donors (Lipinski definition) is 1. The topological polar surface area (TPSA) is 26.0 Å². The van der Waals surface area contributed by atoms with Gasteiger partial charge in [-0.2, -0.15) is 0 Å². The average Bonchev–Trinajstić information content (AvgIpc) is 2.36. The molecule has 0 aliphatic carbocycles. The first kappa shape index (κ1) is 14.0. The molecule has 19 heavy (non-hydrogen) atoms. The molecule has 0 aliphatic rings. The third-order valence-electron chi connectivity index (χ3n) is 3.46. The molecule has 0 spiro atoms. The molecule has 1 atom stereocenters. The van der Waals surface area contributed by atoms with Crippen LogP contribution in [0.2, 0.25) is 5.02 Å². The molecule has 2 aromatic rings. The molecule has 0 aliphatic heterocycles. The van der Waals surface area contributed by atoms with E-state index in [1.54, 1.807) is 6.07 Å². The van der Waals surface area contributed by atoms with Crippen LogP contribution >= 0.6 is 11.6 Å². The van der Waals surface area contributed by atoms with Crippen LogP contribution in [0.5, 0.6) is 0 Å². The third-order valence-corrected chi connectivity index (χ3v) is 3.87. The van der Waals surface area contributed by atoms with Crippen molar-refractivity contribution in [3.05, 3.63) is 69.0 Å². The van der Waals surface area contributed by atoms with Gasteiger partial charge in [-0.1, -0.05) is 23.7 Å². The Hall–Kier alpha value is -1.38. The summed E-state index contributed by atoms with van der Waals surface area (Å²) in [6, 6.07) is 8.25. The summed E-state index contributed by atoms with van der Waals surface area (Å²) in [6.07, 6.45) is 0. The molecule has 0 heterocycles. The molecular formula is C16H17ClFN. The summed E-state index contributed by atoms with van der Waals surface area (Å²) < 4.78 is 13.4. The fourth-order valence-corrected chi connectivity index (χ4v) is 2.47. The number of aryl methyl sites for hydroxylation is 3. The lowest BCUT2D eigenvalue weighted by molar-refractivity contribution is 0.622. The number of hydrogen-bond acceptors (Lipinski definition) is 1. The number of rotatable bonds is 2. The van der Waals surface area contributed by atoms with Crippen LogP contribution in [0.4, 0.5) is 4.39 Å². The Morgan fingerprint density at radius 1 is 0.947 bits per heavy atom. The van der Waals surface area contributed by atoms with Gasteiger partial charge in [0.05, 0.1) is 6.04 Å². The van der Waals surface area contributed by atoms with Crippen LogP contribution in [-0.2, 0) is 0 Å². The Kier molecular flexibility index (Phi) is 3.93. The maximum atomic E-state index is 13.4. The van der Waals surface area contributed by atoms with Crippen molar-refractivity contribution in [1.29, 1.82) is 0 Å². The van der Waals surface area contributed by atoms with Crippen molar-refractivity contribution in [2.75, 3.05) is 0 Å². The Balaban J connectivity index is 2.52. The number of benzene rings is 2. The van der Waals surface area contributed by atoms with E-state index in [1.807, 2.05) is 32.9 Å². The van der Waals surface area contributed by atoms with Gasteiger partial charge >= 0.3 is 0 Å². The maximum absolute atomic E-state index is 13.4. The summed E-state index contributed by atoms with van der Waals surface area (Å²) in [4.78, 5) is 0. The Morgan fingerprint density at radius 2 is 1.58 bits per heavy atom. The zero-order valence-electron chi connectivity index (χ0n) is 11.3. The van der Waals surface area contributed by atoms with Gasteiger partial charge in [0.25, 0.3) is 0 Å². The second-order valence-electron chi connectivity index (χ2n) is 4.94. The first-order valence-corrected chi connectivity index (χ1v) is 6.56. The zero-order chi connectivity index (χ0) is 14.2. The summed E-state index contributed by atoms with van der Waals surface area (Å²) in [5, 5.41) is 0.726. The van der Waals surface area contributed by atoms with Crippen LogP contribution in [0.15, 0.2) is 30.3 Å². The fraction of sp³-hybridized carbons (Fsp3) is 0.250. The highest BCUT2D eigenvalue weighted by Gasteiger charge is 2.15. The minimum atomic E-state index is -0.341. The van der Waals surface area contributed by atoms with Gasteiger partial charge in [-0.25, -0.2) is 4.39 Å². The van der Waals surface area contributed by atoms with Crippen LogP contribution in [0, 0.1) is 26.6 Å². The monoisotopic (exact) mass is 277 g/mol. The highest BCUT2D eigenvalue weighted by Crippen LogP contribution is 2.29. The second-order valence-corrected chi connectivity index (χ2v) is 5.34. The molecule has 0 radical (unpaired) electrons. The van der Waals surface area contributed by atoms with E-state index in [-0.39, 0.29) is 11.9 Å². The van der Waals surface area contributed by atoms with Crippen LogP contribution in [0.25, 0.3) is 0 Å². The summed E-state index contributed by atoms with van der Waals surface area (Å²) in [6.45, 7) is 5.85. The lowest BCUT2D eigenvalue weighted by Crippen LogP contribution is -2.15. The van der Waals surface area contributed by atoms with Crippen LogP contribution < -0.4 is 5.73 Å². The largest absolute Gasteiger partial charge is 0.320 e. The highest BCUT2D eigenvalue weighted by molar-refractivity contribution is 6.31. The molecule has 0 saturated carbocycles. The van der Waals surface area contributed by atoms with Crippen molar-refractivity contribution in [2.24, 2.45) is 5.73 Å². The van der Waals surface area contributed by atoms with E-state index in [2.05, 4.69) is 0 Å². The minimum absolute atomic E-state index is 0.264. The van der Waals surface area contributed by atoms with Gasteiger partial charge in [-0.3, -0.25) is 0 Å². The van der Waals surface area contributed by atoms with Crippen molar-refractivity contribution < 1.29 is 4.39 Å². The minimum Gasteiger partial charge on any atom is -0.320 e. The molecule has 0 aromatic heterocycles. The van der Waals surface area contributed by atoms with E-state index >= 15 is 0 Å². The van der Waals surface area contributed by atoms with Crippen LogP contribution in [0.3, 0.4) is 0 Å². The SMILES string of the molecule is Cc1cc(C(N)c2cc(F)ccc2C)c(C)cc1Cl. The van der Waals surface area contributed by atoms with Crippen LogP contribution in [-0.4, -0.2) is 0 Å². The van der Waals surface area contributed by atoms with Gasteiger partial charge in [0, 0.05) is 5.02 Å². The fourth-order valence-electron chi connectivity index (χ4n) is 2.25. The number of nitrogens with two attached hydrogens (primary N) is 1. The lowest BCUT2D eigenvalue weighted by Gasteiger charge is -2.19. The van der Waals surface area contributed by atoms with Crippen molar-refractivity contribution in [1.82, 2.24) is 0 Å². The smallest absolute Gasteiger partial charge is 0.123 e. The van der Waals surface area contributed by atoms with E-state index in [9.17, 15) is 4.39 Å².